The lowest BCUT2D eigenvalue weighted by Crippen LogP contribution is -1.96. The molecule has 0 aliphatic rings. The molecule has 0 saturated carbocycles. The summed E-state index contributed by atoms with van der Waals surface area (Å²) in [5, 5.41) is 4.62. The van der Waals surface area contributed by atoms with Gasteiger partial charge in [0.05, 0.1) is 12.7 Å². The molecule has 0 aliphatic carbocycles. The number of aromatic nitrogens is 8. The first-order valence-corrected chi connectivity index (χ1v) is 10.7. The third-order valence-electron chi connectivity index (χ3n) is 3.50. The first kappa shape index (κ1) is 22.9. The van der Waals surface area contributed by atoms with Gasteiger partial charge < -0.3 is 21.4 Å². The Kier molecular flexibility index (Phi) is 7.51. The Hall–Kier alpha value is -3.78. The number of nitrogen functional groups attached to an aromatic ring is 2. The number of carbonyl (C=O) groups excluding carboxylic acids is 2. The number of carbonyl (C=O) groups is 2. The monoisotopic (exact) mass is 470 g/mol. The zero-order chi connectivity index (χ0) is 23.1. The quantitative estimate of drug-likeness (QED) is 0.182. The SMILES string of the molecule is CC(=O)/C=C/Sc1nc(N)nc2nc[nH]c12.CC(=O)/C=C\Sc1nc(N)nc2nc[nH]c12. The predicted octanol–water partition coefficient (Wildman–Crippen LogP) is 2.26. The second kappa shape index (κ2) is 10.5. The van der Waals surface area contributed by atoms with Gasteiger partial charge in [0.15, 0.2) is 22.9 Å². The highest BCUT2D eigenvalue weighted by Crippen LogP contribution is 2.25. The van der Waals surface area contributed by atoms with E-state index in [1.807, 2.05) is 0 Å². The van der Waals surface area contributed by atoms with Crippen LogP contribution in [0, 0.1) is 0 Å². The van der Waals surface area contributed by atoms with Crippen LogP contribution in [0.15, 0.2) is 45.7 Å². The maximum Gasteiger partial charge on any atom is 0.223 e. The van der Waals surface area contributed by atoms with Crippen LogP contribution in [0.5, 0.6) is 0 Å². The number of ketones is 2. The second-order valence-electron chi connectivity index (χ2n) is 6.04. The molecule has 0 atom stereocenters. The Morgan fingerprint density at radius 3 is 1.56 bits per heavy atom. The van der Waals surface area contributed by atoms with Crippen molar-refractivity contribution in [3.05, 3.63) is 35.6 Å². The van der Waals surface area contributed by atoms with Crippen LogP contribution in [-0.4, -0.2) is 51.4 Å². The molecule has 0 amide bonds. The molecule has 0 aromatic carbocycles. The molecule has 0 radical (unpaired) electrons. The van der Waals surface area contributed by atoms with Gasteiger partial charge in [0.1, 0.15) is 21.1 Å². The number of thioether (sulfide) groups is 2. The molecule has 164 valence electrons. The molecule has 32 heavy (non-hydrogen) atoms. The third-order valence-corrected chi connectivity index (χ3v) is 5.09. The highest BCUT2D eigenvalue weighted by atomic mass is 32.2. The number of imidazole rings is 2. The van der Waals surface area contributed by atoms with Gasteiger partial charge in [-0.05, 0) is 36.8 Å². The van der Waals surface area contributed by atoms with E-state index in [9.17, 15) is 9.59 Å². The summed E-state index contributed by atoms with van der Waals surface area (Å²) < 4.78 is 0. The lowest BCUT2D eigenvalue weighted by molar-refractivity contribution is -0.113. The lowest BCUT2D eigenvalue weighted by Gasteiger charge is -1.98. The molecule has 4 aromatic heterocycles. The topological polar surface area (TPSA) is 195 Å². The zero-order valence-corrected chi connectivity index (χ0v) is 18.6. The summed E-state index contributed by atoms with van der Waals surface area (Å²) in [5.41, 5.74) is 13.5. The van der Waals surface area contributed by atoms with Crippen LogP contribution in [0.2, 0.25) is 0 Å². The number of hydrogen-bond donors (Lipinski definition) is 4. The standard InChI is InChI=1S/2C9H9N5OS/c2*1-5(15)2-3-16-8-6-7(12-4-11-6)13-9(10)14-8/h2*2-4H,1H3,(H3,10,11,12,13,14)/b3-2+;3-2-. The number of allylic oxidation sites excluding steroid dienone is 2. The van der Waals surface area contributed by atoms with Crippen molar-refractivity contribution in [3.63, 3.8) is 0 Å². The number of anilines is 2. The summed E-state index contributed by atoms with van der Waals surface area (Å²) in [6, 6.07) is 0. The van der Waals surface area contributed by atoms with Gasteiger partial charge in [-0.25, -0.2) is 19.9 Å². The lowest BCUT2D eigenvalue weighted by atomic mass is 10.5. The van der Waals surface area contributed by atoms with E-state index < -0.39 is 0 Å². The number of nitrogens with one attached hydrogen (secondary N) is 2. The van der Waals surface area contributed by atoms with Crippen molar-refractivity contribution in [3.8, 4) is 0 Å². The predicted molar refractivity (Wildman–Crippen MR) is 124 cm³/mol. The number of fused-ring (bicyclic) bond motifs is 2. The molecule has 0 saturated heterocycles. The number of aromatic amines is 2. The van der Waals surface area contributed by atoms with Gasteiger partial charge in [0, 0.05) is 0 Å². The van der Waals surface area contributed by atoms with Crippen LogP contribution in [0.4, 0.5) is 11.9 Å². The van der Waals surface area contributed by atoms with E-state index in [0.29, 0.717) is 32.4 Å². The Morgan fingerprint density at radius 2 is 1.19 bits per heavy atom. The molecule has 4 rings (SSSR count). The fourth-order valence-electron chi connectivity index (χ4n) is 2.20. The minimum Gasteiger partial charge on any atom is -0.368 e. The van der Waals surface area contributed by atoms with E-state index in [-0.39, 0.29) is 23.5 Å². The smallest absolute Gasteiger partial charge is 0.223 e. The molecule has 4 heterocycles. The van der Waals surface area contributed by atoms with Crippen LogP contribution in [0.25, 0.3) is 22.3 Å². The van der Waals surface area contributed by atoms with Crippen molar-refractivity contribution in [2.75, 3.05) is 11.5 Å². The first-order valence-electron chi connectivity index (χ1n) is 8.94. The van der Waals surface area contributed by atoms with Crippen molar-refractivity contribution < 1.29 is 9.59 Å². The summed E-state index contributed by atoms with van der Waals surface area (Å²) in [7, 11) is 0. The third kappa shape index (κ3) is 6.12. The van der Waals surface area contributed by atoms with Gasteiger partial charge in [-0.15, -0.1) is 0 Å². The molecule has 0 spiro atoms. The van der Waals surface area contributed by atoms with Crippen molar-refractivity contribution in [2.45, 2.75) is 23.9 Å². The van der Waals surface area contributed by atoms with Crippen molar-refractivity contribution >= 4 is 69.3 Å². The molecular formula is C18H18N10O2S2. The normalized spacial score (nSPS) is 11.3. The summed E-state index contributed by atoms with van der Waals surface area (Å²) in [6.45, 7) is 2.97. The van der Waals surface area contributed by atoms with Crippen molar-refractivity contribution in [1.29, 1.82) is 0 Å². The average Bonchev–Trinajstić information content (AvgIpc) is 3.37. The molecule has 6 N–H and O–H groups in total. The molecule has 4 aromatic rings. The molecule has 12 nitrogen and oxygen atoms in total. The van der Waals surface area contributed by atoms with Crippen molar-refractivity contribution in [2.24, 2.45) is 0 Å². The van der Waals surface area contributed by atoms with Gasteiger partial charge in [-0.3, -0.25) is 9.59 Å². The van der Waals surface area contributed by atoms with E-state index in [0.717, 1.165) is 0 Å². The zero-order valence-electron chi connectivity index (χ0n) is 16.9. The van der Waals surface area contributed by atoms with Crippen LogP contribution in [-0.2, 0) is 9.59 Å². The molecule has 0 unspecified atom stereocenters. The van der Waals surface area contributed by atoms with Crippen LogP contribution in [0.3, 0.4) is 0 Å². The van der Waals surface area contributed by atoms with E-state index in [1.54, 1.807) is 10.8 Å². The minimum atomic E-state index is -0.0182. The Bertz CT molecular complexity index is 1230. The van der Waals surface area contributed by atoms with E-state index in [1.165, 1.54) is 62.2 Å². The van der Waals surface area contributed by atoms with Crippen molar-refractivity contribution in [1.82, 2.24) is 39.9 Å². The Balaban J connectivity index is 0.000000181. The number of hydrogen-bond acceptors (Lipinski definition) is 12. The molecule has 0 bridgehead atoms. The summed E-state index contributed by atoms with van der Waals surface area (Å²) in [6.07, 6.45) is 5.98. The van der Waals surface area contributed by atoms with E-state index >= 15 is 0 Å². The Morgan fingerprint density at radius 1 is 0.781 bits per heavy atom. The summed E-state index contributed by atoms with van der Waals surface area (Å²) in [5.74, 6) is 0.294. The fourth-order valence-corrected chi connectivity index (χ4v) is 3.81. The van der Waals surface area contributed by atoms with Gasteiger partial charge in [-0.1, -0.05) is 23.5 Å². The van der Waals surface area contributed by atoms with Crippen LogP contribution in [0.1, 0.15) is 13.8 Å². The van der Waals surface area contributed by atoms with E-state index in [2.05, 4.69) is 39.9 Å². The minimum absolute atomic E-state index is 0.0182. The van der Waals surface area contributed by atoms with Crippen LogP contribution < -0.4 is 11.5 Å². The van der Waals surface area contributed by atoms with Gasteiger partial charge in [0.25, 0.3) is 0 Å². The molecule has 0 aliphatic heterocycles. The highest BCUT2D eigenvalue weighted by molar-refractivity contribution is 8.02. The summed E-state index contributed by atoms with van der Waals surface area (Å²) >= 11 is 2.59. The fraction of sp³-hybridized carbons (Fsp3) is 0.111. The molecule has 0 fully saturated rings. The average molecular weight is 471 g/mol. The van der Waals surface area contributed by atoms with Crippen LogP contribution >= 0.6 is 23.5 Å². The number of H-pyrrole nitrogens is 2. The maximum atomic E-state index is 10.7. The van der Waals surface area contributed by atoms with Gasteiger partial charge in [-0.2, -0.15) is 9.97 Å². The van der Waals surface area contributed by atoms with Gasteiger partial charge in [0.2, 0.25) is 11.9 Å². The largest absolute Gasteiger partial charge is 0.368 e. The van der Waals surface area contributed by atoms with Gasteiger partial charge >= 0.3 is 0 Å². The first-order chi connectivity index (χ1) is 15.3. The number of rotatable bonds is 6. The summed E-state index contributed by atoms with van der Waals surface area (Å²) in [4.78, 5) is 51.4. The Labute approximate surface area is 189 Å². The molecular weight excluding hydrogens is 452 g/mol. The second-order valence-corrected chi connectivity index (χ2v) is 7.83. The maximum absolute atomic E-state index is 10.7. The number of nitrogens with two attached hydrogens (primary N) is 2. The van der Waals surface area contributed by atoms with E-state index in [4.69, 9.17) is 11.5 Å². The highest BCUT2D eigenvalue weighted by Gasteiger charge is 2.08. The number of nitrogens with zero attached hydrogens (tertiary/aromatic N) is 6. The molecule has 14 heteroatoms.